The number of nitrogens with zero attached hydrogens (tertiary/aromatic N) is 6. The highest BCUT2D eigenvalue weighted by atomic mass is 16.3. The minimum Gasteiger partial charge on any atom is -0.387 e. The molecule has 164 valence electrons. The molecule has 0 bridgehead atoms. The zero-order valence-corrected chi connectivity index (χ0v) is 18.6. The fourth-order valence-electron chi connectivity index (χ4n) is 4.74. The van der Waals surface area contributed by atoms with E-state index in [0.29, 0.717) is 19.0 Å². The molecule has 4 heterocycles. The van der Waals surface area contributed by atoms with Gasteiger partial charge in [0.05, 0.1) is 17.8 Å². The third kappa shape index (κ3) is 4.34. The maximum atomic E-state index is 11.7. The van der Waals surface area contributed by atoms with E-state index in [2.05, 4.69) is 35.9 Å². The monoisotopic (exact) mass is 414 g/mol. The van der Waals surface area contributed by atoms with E-state index in [1.54, 1.807) is 11.8 Å². The Kier molecular flexibility index (Phi) is 5.57. The van der Waals surface area contributed by atoms with Crippen LogP contribution in [0.2, 0.25) is 0 Å². The first-order chi connectivity index (χ1) is 14.1. The van der Waals surface area contributed by atoms with Crippen LogP contribution in [0, 0.1) is 0 Å². The Hall–Kier alpha value is -2.06. The summed E-state index contributed by atoms with van der Waals surface area (Å²) in [6, 6.07) is 4.03. The number of rotatable bonds is 3. The molecule has 2 fully saturated rings. The third-order valence-electron chi connectivity index (χ3n) is 6.53. The molecule has 2 aliphatic rings. The van der Waals surface area contributed by atoms with Crippen molar-refractivity contribution in [3.63, 3.8) is 0 Å². The minimum absolute atomic E-state index is 0.0255. The molecule has 0 aromatic carbocycles. The first-order valence-corrected chi connectivity index (χ1v) is 11.1. The molecule has 2 aliphatic heterocycles. The Morgan fingerprint density at radius 2 is 1.93 bits per heavy atom. The highest BCUT2D eigenvalue weighted by Crippen LogP contribution is 2.30. The van der Waals surface area contributed by atoms with Crippen molar-refractivity contribution in [2.75, 3.05) is 32.7 Å². The molecule has 2 saturated heterocycles. The van der Waals surface area contributed by atoms with E-state index in [1.165, 1.54) is 0 Å². The summed E-state index contributed by atoms with van der Waals surface area (Å²) in [4.78, 5) is 15.8. The second-order valence-electron chi connectivity index (χ2n) is 10.1. The molecule has 1 amide bonds. The molecule has 0 aliphatic carbocycles. The van der Waals surface area contributed by atoms with Crippen LogP contribution in [-0.2, 0) is 10.2 Å². The molecule has 0 radical (unpaired) electrons. The number of hydrogen-bond acceptors (Lipinski definition) is 6. The summed E-state index contributed by atoms with van der Waals surface area (Å²) < 4.78 is 1.92. The third-order valence-corrected chi connectivity index (χ3v) is 6.53. The first-order valence-electron chi connectivity index (χ1n) is 11.1. The Bertz CT molecular complexity index is 912. The Balaban J connectivity index is 1.42. The van der Waals surface area contributed by atoms with Crippen LogP contribution in [0.3, 0.4) is 0 Å². The number of piperidine rings is 2. The van der Waals surface area contributed by atoms with Crippen LogP contribution < -0.4 is 0 Å². The number of aromatic nitrogens is 4. The maximum Gasteiger partial charge on any atom is 0.219 e. The summed E-state index contributed by atoms with van der Waals surface area (Å²) in [6.45, 7) is 11.7. The standard InChI is InChI=1S/C22H34N6O2/c1-16(29)27-11-5-10-22(30,15-27)14-26-12-8-17(9-13-26)20-24-23-19-7-6-18(21(2,3)4)25-28(19)20/h6-7,17,30H,5,8-15H2,1-4H3. The molecule has 0 spiro atoms. The van der Waals surface area contributed by atoms with Crippen molar-refractivity contribution < 1.29 is 9.90 Å². The quantitative estimate of drug-likeness (QED) is 0.826. The zero-order valence-electron chi connectivity index (χ0n) is 18.6. The number of carbonyl (C=O) groups excluding carboxylic acids is 1. The lowest BCUT2D eigenvalue weighted by Crippen LogP contribution is -2.56. The highest BCUT2D eigenvalue weighted by Gasteiger charge is 2.37. The highest BCUT2D eigenvalue weighted by molar-refractivity contribution is 5.73. The predicted molar refractivity (Wildman–Crippen MR) is 114 cm³/mol. The van der Waals surface area contributed by atoms with Gasteiger partial charge in [-0.25, -0.2) is 0 Å². The lowest BCUT2D eigenvalue weighted by atomic mass is 9.90. The molecule has 8 nitrogen and oxygen atoms in total. The zero-order chi connectivity index (χ0) is 21.5. The largest absolute Gasteiger partial charge is 0.387 e. The van der Waals surface area contributed by atoms with Gasteiger partial charge >= 0.3 is 0 Å². The molecule has 2 aromatic rings. The number of fused-ring (bicyclic) bond motifs is 1. The van der Waals surface area contributed by atoms with Crippen molar-refractivity contribution >= 4 is 11.6 Å². The summed E-state index contributed by atoms with van der Waals surface area (Å²) in [6.07, 6.45) is 3.55. The Labute approximate surface area is 178 Å². The molecular formula is C22H34N6O2. The van der Waals surface area contributed by atoms with Gasteiger partial charge in [0.2, 0.25) is 5.91 Å². The molecule has 8 heteroatoms. The van der Waals surface area contributed by atoms with Crippen LogP contribution in [0.15, 0.2) is 12.1 Å². The molecule has 1 N–H and O–H groups in total. The van der Waals surface area contributed by atoms with E-state index in [4.69, 9.17) is 5.10 Å². The number of amides is 1. The normalized spacial score (nSPS) is 24.5. The molecule has 4 rings (SSSR count). The summed E-state index contributed by atoms with van der Waals surface area (Å²) in [5.74, 6) is 1.30. The summed E-state index contributed by atoms with van der Waals surface area (Å²) in [5.41, 5.74) is 0.994. The lowest BCUT2D eigenvalue weighted by molar-refractivity contribution is -0.137. The number of aliphatic hydroxyl groups is 1. The molecule has 1 atom stereocenters. The Morgan fingerprint density at radius 3 is 2.60 bits per heavy atom. The van der Waals surface area contributed by atoms with Crippen molar-refractivity contribution in [3.8, 4) is 0 Å². The smallest absolute Gasteiger partial charge is 0.219 e. The van der Waals surface area contributed by atoms with Crippen LogP contribution in [0.4, 0.5) is 0 Å². The number of carbonyl (C=O) groups is 1. The van der Waals surface area contributed by atoms with Gasteiger partial charge < -0.3 is 14.9 Å². The van der Waals surface area contributed by atoms with Crippen LogP contribution in [0.25, 0.3) is 5.65 Å². The van der Waals surface area contributed by atoms with E-state index >= 15 is 0 Å². The number of likely N-dealkylation sites (tertiary alicyclic amines) is 2. The van der Waals surface area contributed by atoms with Gasteiger partial charge in [-0.05, 0) is 50.9 Å². The summed E-state index contributed by atoms with van der Waals surface area (Å²) >= 11 is 0. The number of hydrogen-bond donors (Lipinski definition) is 1. The van der Waals surface area contributed by atoms with Gasteiger partial charge in [-0.15, -0.1) is 10.2 Å². The van der Waals surface area contributed by atoms with E-state index in [-0.39, 0.29) is 11.3 Å². The van der Waals surface area contributed by atoms with E-state index in [1.807, 2.05) is 16.6 Å². The van der Waals surface area contributed by atoms with Crippen LogP contribution >= 0.6 is 0 Å². The van der Waals surface area contributed by atoms with Gasteiger partial charge in [0.25, 0.3) is 0 Å². The first kappa shape index (κ1) is 21.2. The van der Waals surface area contributed by atoms with E-state index in [9.17, 15) is 9.90 Å². The van der Waals surface area contributed by atoms with Gasteiger partial charge in [-0.1, -0.05) is 20.8 Å². The minimum atomic E-state index is -0.804. The van der Waals surface area contributed by atoms with Crippen LogP contribution in [0.1, 0.15) is 70.8 Å². The Morgan fingerprint density at radius 1 is 1.20 bits per heavy atom. The summed E-state index contributed by atoms with van der Waals surface area (Å²) in [7, 11) is 0. The second kappa shape index (κ2) is 7.89. The fraction of sp³-hybridized carbons (Fsp3) is 0.727. The molecule has 0 saturated carbocycles. The van der Waals surface area contributed by atoms with Gasteiger partial charge in [-0.2, -0.15) is 9.61 Å². The van der Waals surface area contributed by atoms with Gasteiger partial charge in [0, 0.05) is 31.3 Å². The van der Waals surface area contributed by atoms with Crippen molar-refractivity contribution in [3.05, 3.63) is 23.7 Å². The molecule has 1 unspecified atom stereocenters. The van der Waals surface area contributed by atoms with Gasteiger partial charge in [-0.3, -0.25) is 4.79 Å². The fourth-order valence-corrected chi connectivity index (χ4v) is 4.74. The summed E-state index contributed by atoms with van der Waals surface area (Å²) in [5, 5.41) is 24.7. The van der Waals surface area contributed by atoms with Crippen molar-refractivity contribution in [2.45, 2.75) is 70.3 Å². The topological polar surface area (TPSA) is 86.9 Å². The van der Waals surface area contributed by atoms with Gasteiger partial charge in [0.1, 0.15) is 0 Å². The molecule has 2 aromatic heterocycles. The van der Waals surface area contributed by atoms with Crippen LogP contribution in [-0.4, -0.2) is 78.9 Å². The molecular weight excluding hydrogens is 380 g/mol. The average Bonchev–Trinajstić information content (AvgIpc) is 3.11. The average molecular weight is 415 g/mol. The predicted octanol–water partition coefficient (Wildman–Crippen LogP) is 1.97. The number of β-amino-alcohol motifs (C(OH)–C–C–N with tert-alkyl or cyclic N) is 1. The van der Waals surface area contributed by atoms with E-state index in [0.717, 1.165) is 62.5 Å². The second-order valence-corrected chi connectivity index (χ2v) is 10.1. The van der Waals surface area contributed by atoms with Crippen molar-refractivity contribution in [1.82, 2.24) is 29.6 Å². The van der Waals surface area contributed by atoms with Crippen molar-refractivity contribution in [2.24, 2.45) is 0 Å². The van der Waals surface area contributed by atoms with Crippen LogP contribution in [0.5, 0.6) is 0 Å². The van der Waals surface area contributed by atoms with E-state index < -0.39 is 5.60 Å². The molecule has 30 heavy (non-hydrogen) atoms. The van der Waals surface area contributed by atoms with Crippen molar-refractivity contribution in [1.29, 1.82) is 0 Å². The SMILES string of the molecule is CC(=O)N1CCCC(O)(CN2CCC(c3nnc4ccc(C(C)(C)C)nn34)CC2)C1. The lowest BCUT2D eigenvalue weighted by Gasteiger charge is -2.43. The van der Waals surface area contributed by atoms with Gasteiger partial charge in [0.15, 0.2) is 11.5 Å². The maximum absolute atomic E-state index is 11.7.